The van der Waals surface area contributed by atoms with Crippen LogP contribution in [0.4, 0.5) is 0 Å². The van der Waals surface area contributed by atoms with Crippen LogP contribution < -0.4 is 0 Å². The van der Waals surface area contributed by atoms with Crippen molar-refractivity contribution in [1.82, 2.24) is 0 Å². The summed E-state index contributed by atoms with van der Waals surface area (Å²) in [6.45, 7) is 18.5. The Morgan fingerprint density at radius 2 is 1.87 bits per heavy atom. The van der Waals surface area contributed by atoms with Gasteiger partial charge in [-0.3, -0.25) is 0 Å². The summed E-state index contributed by atoms with van der Waals surface area (Å²) in [4.78, 5) is 0. The second-order valence-corrected chi connectivity index (χ2v) is 8.61. The third kappa shape index (κ3) is 4.49. The van der Waals surface area contributed by atoms with E-state index in [0.717, 1.165) is 24.2 Å². The molecule has 0 nitrogen and oxygen atoms in total. The number of hydrogen-bond donors (Lipinski definition) is 0. The number of benzene rings is 1. The van der Waals surface area contributed by atoms with Crippen LogP contribution in [0.1, 0.15) is 76.5 Å². The molecule has 0 bridgehead atoms. The zero-order valence-electron chi connectivity index (χ0n) is 16.2. The fourth-order valence-corrected chi connectivity index (χ4v) is 4.32. The van der Waals surface area contributed by atoms with Crippen molar-refractivity contribution in [3.05, 3.63) is 47.0 Å². The SMILES string of the molecule is C=C(Cc1ccc(C(C)C)cc1C)C1CC(C)CCC1C(C)C. The summed E-state index contributed by atoms with van der Waals surface area (Å²) in [5.74, 6) is 3.78. The second-order valence-electron chi connectivity index (χ2n) is 8.61. The Morgan fingerprint density at radius 1 is 1.17 bits per heavy atom. The molecule has 0 saturated heterocycles. The van der Waals surface area contributed by atoms with E-state index in [9.17, 15) is 0 Å². The van der Waals surface area contributed by atoms with E-state index in [1.807, 2.05) is 0 Å². The Morgan fingerprint density at radius 3 is 2.43 bits per heavy atom. The predicted molar refractivity (Wildman–Crippen MR) is 103 cm³/mol. The molecule has 0 amide bonds. The van der Waals surface area contributed by atoms with Crippen LogP contribution in [-0.2, 0) is 6.42 Å². The standard InChI is InChI=1S/C23H36/c1-15(2)20-9-10-21(18(6)13-20)14-19(7)23-12-17(5)8-11-22(23)16(3)4/h9-10,13,15-17,22-23H,7-8,11-12,14H2,1-6H3. The van der Waals surface area contributed by atoms with Gasteiger partial charge >= 0.3 is 0 Å². The molecule has 0 heteroatoms. The van der Waals surface area contributed by atoms with Crippen LogP contribution in [0, 0.1) is 30.6 Å². The van der Waals surface area contributed by atoms with E-state index in [1.165, 1.54) is 41.5 Å². The van der Waals surface area contributed by atoms with Gasteiger partial charge in [0.15, 0.2) is 0 Å². The van der Waals surface area contributed by atoms with Crippen molar-refractivity contribution in [2.24, 2.45) is 23.7 Å². The average molecular weight is 313 g/mol. The lowest BCUT2D eigenvalue weighted by Crippen LogP contribution is -2.29. The molecule has 128 valence electrons. The van der Waals surface area contributed by atoms with Gasteiger partial charge in [-0.25, -0.2) is 0 Å². The molecule has 1 aromatic carbocycles. The Labute approximate surface area is 144 Å². The lowest BCUT2D eigenvalue weighted by Gasteiger charge is -2.39. The fourth-order valence-electron chi connectivity index (χ4n) is 4.32. The van der Waals surface area contributed by atoms with Crippen LogP contribution in [0.25, 0.3) is 0 Å². The summed E-state index contributed by atoms with van der Waals surface area (Å²) in [5, 5.41) is 0. The summed E-state index contributed by atoms with van der Waals surface area (Å²) in [6.07, 6.45) is 5.18. The molecule has 1 saturated carbocycles. The predicted octanol–water partition coefficient (Wildman–Crippen LogP) is 6.93. The van der Waals surface area contributed by atoms with Crippen molar-refractivity contribution >= 4 is 0 Å². The van der Waals surface area contributed by atoms with Crippen molar-refractivity contribution in [3.63, 3.8) is 0 Å². The molecule has 0 N–H and O–H groups in total. The fraction of sp³-hybridized carbons (Fsp3) is 0.652. The maximum atomic E-state index is 4.54. The van der Waals surface area contributed by atoms with E-state index in [2.05, 4.69) is 66.3 Å². The molecule has 0 radical (unpaired) electrons. The smallest absolute Gasteiger partial charge is 0.00643 e. The molecule has 0 heterocycles. The molecular formula is C23H36. The normalized spacial score (nSPS) is 25.1. The van der Waals surface area contributed by atoms with E-state index < -0.39 is 0 Å². The van der Waals surface area contributed by atoms with E-state index in [-0.39, 0.29) is 0 Å². The molecule has 23 heavy (non-hydrogen) atoms. The minimum Gasteiger partial charge on any atom is -0.0992 e. The Bertz CT molecular complexity index is 535. The number of allylic oxidation sites excluding steroid dienone is 1. The van der Waals surface area contributed by atoms with Gasteiger partial charge in [-0.1, -0.05) is 71.4 Å². The lowest BCUT2D eigenvalue weighted by atomic mass is 9.67. The highest BCUT2D eigenvalue weighted by Crippen LogP contribution is 2.42. The Balaban J connectivity index is 2.13. The van der Waals surface area contributed by atoms with Gasteiger partial charge in [-0.2, -0.15) is 0 Å². The highest BCUT2D eigenvalue weighted by atomic mass is 14.4. The van der Waals surface area contributed by atoms with Crippen molar-refractivity contribution in [1.29, 1.82) is 0 Å². The molecule has 1 aliphatic rings. The maximum absolute atomic E-state index is 4.54. The van der Waals surface area contributed by atoms with Gasteiger partial charge in [-0.15, -0.1) is 0 Å². The van der Waals surface area contributed by atoms with Crippen LogP contribution in [0.3, 0.4) is 0 Å². The molecule has 1 aliphatic carbocycles. The first-order valence-corrected chi connectivity index (χ1v) is 9.56. The van der Waals surface area contributed by atoms with Crippen molar-refractivity contribution in [2.75, 3.05) is 0 Å². The van der Waals surface area contributed by atoms with E-state index >= 15 is 0 Å². The van der Waals surface area contributed by atoms with Gasteiger partial charge in [-0.05, 0) is 72.5 Å². The molecule has 3 atom stereocenters. The molecule has 0 aliphatic heterocycles. The van der Waals surface area contributed by atoms with Gasteiger partial charge in [0.2, 0.25) is 0 Å². The van der Waals surface area contributed by atoms with E-state index in [1.54, 1.807) is 0 Å². The first-order valence-electron chi connectivity index (χ1n) is 9.56. The minimum absolute atomic E-state index is 0.607. The third-order valence-corrected chi connectivity index (χ3v) is 6.00. The first kappa shape index (κ1) is 18.3. The van der Waals surface area contributed by atoms with Crippen molar-refractivity contribution < 1.29 is 0 Å². The molecule has 0 aromatic heterocycles. The zero-order valence-corrected chi connectivity index (χ0v) is 16.2. The quantitative estimate of drug-likeness (QED) is 0.517. The van der Waals surface area contributed by atoms with Crippen LogP contribution in [0.2, 0.25) is 0 Å². The van der Waals surface area contributed by atoms with Crippen molar-refractivity contribution in [2.45, 2.75) is 73.1 Å². The summed E-state index contributed by atoms with van der Waals surface area (Å²) in [5.41, 5.74) is 5.82. The second kappa shape index (κ2) is 7.69. The average Bonchev–Trinajstić information content (AvgIpc) is 2.48. The van der Waals surface area contributed by atoms with Crippen molar-refractivity contribution in [3.8, 4) is 0 Å². The largest absolute Gasteiger partial charge is 0.0992 e. The van der Waals surface area contributed by atoms with Gasteiger partial charge in [0.25, 0.3) is 0 Å². The molecule has 1 fully saturated rings. The third-order valence-electron chi connectivity index (χ3n) is 6.00. The number of rotatable bonds is 5. The molecule has 1 aromatic rings. The minimum atomic E-state index is 0.607. The van der Waals surface area contributed by atoms with Crippen LogP contribution >= 0.6 is 0 Å². The molecule has 2 rings (SSSR count). The summed E-state index contributed by atoms with van der Waals surface area (Å²) in [6, 6.07) is 7.02. The van der Waals surface area contributed by atoms with Crippen LogP contribution in [0.15, 0.2) is 30.4 Å². The zero-order chi connectivity index (χ0) is 17.1. The highest BCUT2D eigenvalue weighted by Gasteiger charge is 2.32. The Kier molecular flexibility index (Phi) is 6.12. The van der Waals surface area contributed by atoms with Crippen LogP contribution in [0.5, 0.6) is 0 Å². The van der Waals surface area contributed by atoms with Gasteiger partial charge < -0.3 is 0 Å². The monoisotopic (exact) mass is 312 g/mol. The molecule has 3 unspecified atom stereocenters. The topological polar surface area (TPSA) is 0 Å². The summed E-state index contributed by atoms with van der Waals surface area (Å²) < 4.78 is 0. The Hall–Kier alpha value is -1.04. The number of aryl methyl sites for hydroxylation is 1. The van der Waals surface area contributed by atoms with Gasteiger partial charge in [0.1, 0.15) is 0 Å². The first-order chi connectivity index (χ1) is 10.8. The van der Waals surface area contributed by atoms with Gasteiger partial charge in [0, 0.05) is 0 Å². The summed E-state index contributed by atoms with van der Waals surface area (Å²) >= 11 is 0. The van der Waals surface area contributed by atoms with Crippen LogP contribution in [-0.4, -0.2) is 0 Å². The lowest BCUT2D eigenvalue weighted by molar-refractivity contribution is 0.168. The van der Waals surface area contributed by atoms with E-state index in [4.69, 9.17) is 0 Å². The van der Waals surface area contributed by atoms with Gasteiger partial charge in [0.05, 0.1) is 0 Å². The molecular weight excluding hydrogens is 276 g/mol. The van der Waals surface area contributed by atoms with E-state index in [0.29, 0.717) is 11.8 Å². The molecule has 0 spiro atoms. The highest BCUT2D eigenvalue weighted by molar-refractivity contribution is 5.35. The number of hydrogen-bond acceptors (Lipinski definition) is 0. The maximum Gasteiger partial charge on any atom is -0.00643 e. The summed E-state index contributed by atoms with van der Waals surface area (Å²) in [7, 11) is 0.